The van der Waals surface area contributed by atoms with Crippen molar-refractivity contribution in [1.82, 2.24) is 10.3 Å². The lowest BCUT2D eigenvalue weighted by Crippen LogP contribution is -2.33. The second kappa shape index (κ2) is 8.74. The largest absolute Gasteiger partial charge is 0.368 e. The Hall–Kier alpha value is -3.07. The van der Waals surface area contributed by atoms with Gasteiger partial charge in [-0.1, -0.05) is 20.8 Å². The Morgan fingerprint density at radius 3 is 2.60 bits per heavy atom. The van der Waals surface area contributed by atoms with E-state index in [9.17, 15) is 14.9 Å². The monoisotopic (exact) mass is 406 g/mol. The molecule has 0 saturated heterocycles. The van der Waals surface area contributed by atoms with Crippen LogP contribution in [0.1, 0.15) is 77.8 Å². The van der Waals surface area contributed by atoms with Gasteiger partial charge in [-0.2, -0.15) is 5.26 Å². The first-order valence-corrected chi connectivity index (χ1v) is 10.6. The molecule has 2 heterocycles. The lowest BCUT2D eigenvalue weighted by Gasteiger charge is -2.29. The molecule has 158 valence electrons. The minimum absolute atomic E-state index is 0.149. The summed E-state index contributed by atoms with van der Waals surface area (Å²) in [7, 11) is 0. The van der Waals surface area contributed by atoms with Crippen molar-refractivity contribution in [3.05, 3.63) is 62.1 Å². The highest BCUT2D eigenvalue weighted by Crippen LogP contribution is 2.41. The number of nitrogens with zero attached hydrogens (tertiary/aromatic N) is 2. The van der Waals surface area contributed by atoms with Gasteiger partial charge in [0.05, 0.1) is 11.6 Å². The Bertz CT molecular complexity index is 1060. The summed E-state index contributed by atoms with van der Waals surface area (Å²) in [6.45, 7) is 11.1. The summed E-state index contributed by atoms with van der Waals surface area (Å²) < 4.78 is 0. The molecule has 30 heavy (non-hydrogen) atoms. The van der Waals surface area contributed by atoms with Gasteiger partial charge < -0.3 is 15.2 Å². The summed E-state index contributed by atoms with van der Waals surface area (Å²) in [4.78, 5) is 30.5. The number of amides is 1. The van der Waals surface area contributed by atoms with Gasteiger partial charge in [-0.25, -0.2) is 0 Å². The molecule has 1 aromatic carbocycles. The summed E-state index contributed by atoms with van der Waals surface area (Å²) in [6.07, 6.45) is 2.02. The molecule has 0 spiro atoms. The third kappa shape index (κ3) is 3.97. The third-order valence-corrected chi connectivity index (χ3v) is 6.11. The smallest absolute Gasteiger partial charge is 0.253 e. The predicted octanol–water partition coefficient (Wildman–Crippen LogP) is 3.91. The van der Waals surface area contributed by atoms with Gasteiger partial charge in [-0.15, -0.1) is 0 Å². The lowest BCUT2D eigenvalue weighted by atomic mass is 9.94. The molecule has 0 saturated carbocycles. The Balaban J connectivity index is 1.96. The number of hydrogen-bond donors (Lipinski definition) is 2. The standard InChI is InChI=1S/C24H30N4O2/c1-6-18(7-2)28-13-15(4)22-19(9-17(11-25)10-21(22)28)23(29)26-12-20-14(3)8-16(5)27-24(20)30/h8-10,15,18H,6-7,12-13H2,1-5H3,(H,26,29)(H,27,30). The van der Waals surface area contributed by atoms with E-state index in [0.29, 0.717) is 22.7 Å². The highest BCUT2D eigenvalue weighted by atomic mass is 16.1. The van der Waals surface area contributed by atoms with E-state index in [-0.39, 0.29) is 23.9 Å². The van der Waals surface area contributed by atoms with E-state index in [1.165, 1.54) is 0 Å². The maximum atomic E-state index is 13.1. The van der Waals surface area contributed by atoms with Crippen LogP contribution in [0.3, 0.4) is 0 Å². The van der Waals surface area contributed by atoms with Crippen molar-refractivity contribution in [2.24, 2.45) is 0 Å². The minimum atomic E-state index is -0.249. The number of pyridine rings is 1. The number of carbonyl (C=O) groups is 1. The van der Waals surface area contributed by atoms with Crippen LogP contribution in [0, 0.1) is 25.2 Å². The molecule has 3 rings (SSSR count). The van der Waals surface area contributed by atoms with Gasteiger partial charge in [0.25, 0.3) is 11.5 Å². The zero-order valence-electron chi connectivity index (χ0n) is 18.4. The molecular formula is C24H30N4O2. The van der Waals surface area contributed by atoms with Gasteiger partial charge in [0.2, 0.25) is 0 Å². The van der Waals surface area contributed by atoms with Crippen molar-refractivity contribution >= 4 is 11.6 Å². The Morgan fingerprint density at radius 2 is 2.00 bits per heavy atom. The van der Waals surface area contributed by atoms with Crippen LogP contribution in [-0.4, -0.2) is 23.5 Å². The first-order chi connectivity index (χ1) is 14.3. The van der Waals surface area contributed by atoms with E-state index in [4.69, 9.17) is 0 Å². The van der Waals surface area contributed by atoms with Crippen LogP contribution in [0.4, 0.5) is 5.69 Å². The number of rotatable bonds is 6. The fraction of sp³-hybridized carbons (Fsp3) is 0.458. The van der Waals surface area contributed by atoms with Gasteiger partial charge in [0.15, 0.2) is 0 Å². The van der Waals surface area contributed by atoms with Crippen LogP contribution in [0.15, 0.2) is 23.0 Å². The number of carbonyl (C=O) groups excluding carboxylic acids is 1. The van der Waals surface area contributed by atoms with Crippen molar-refractivity contribution in [2.75, 3.05) is 11.4 Å². The van der Waals surface area contributed by atoms with Gasteiger partial charge in [-0.05, 0) is 56.0 Å². The number of nitriles is 1. The fourth-order valence-electron chi connectivity index (χ4n) is 4.57. The quantitative estimate of drug-likeness (QED) is 0.761. The van der Waals surface area contributed by atoms with Crippen molar-refractivity contribution in [3.63, 3.8) is 0 Å². The molecule has 2 N–H and O–H groups in total. The van der Waals surface area contributed by atoms with Crippen LogP contribution in [0.25, 0.3) is 0 Å². The molecule has 6 nitrogen and oxygen atoms in total. The number of H-pyrrole nitrogens is 1. The van der Waals surface area contributed by atoms with E-state index in [0.717, 1.165) is 41.9 Å². The van der Waals surface area contributed by atoms with Crippen molar-refractivity contribution < 1.29 is 4.79 Å². The average molecular weight is 407 g/mol. The lowest BCUT2D eigenvalue weighted by molar-refractivity contribution is 0.0949. The normalized spacial score (nSPS) is 15.2. The fourth-order valence-corrected chi connectivity index (χ4v) is 4.57. The first kappa shape index (κ1) is 21.6. The van der Waals surface area contributed by atoms with E-state index in [1.807, 2.05) is 26.0 Å². The molecule has 1 amide bonds. The number of aromatic nitrogens is 1. The summed E-state index contributed by atoms with van der Waals surface area (Å²) in [5.74, 6) is -0.0559. The number of hydrogen-bond acceptors (Lipinski definition) is 4. The minimum Gasteiger partial charge on any atom is -0.368 e. The molecular weight excluding hydrogens is 376 g/mol. The van der Waals surface area contributed by atoms with Gasteiger partial charge >= 0.3 is 0 Å². The van der Waals surface area contributed by atoms with Gasteiger partial charge in [-0.3, -0.25) is 9.59 Å². The second-order valence-electron chi connectivity index (χ2n) is 8.22. The molecule has 2 aromatic rings. The highest BCUT2D eigenvalue weighted by molar-refractivity contribution is 5.98. The number of aryl methyl sites for hydroxylation is 2. The van der Waals surface area contributed by atoms with E-state index >= 15 is 0 Å². The zero-order chi connectivity index (χ0) is 22.0. The first-order valence-electron chi connectivity index (χ1n) is 10.6. The predicted molar refractivity (Wildman–Crippen MR) is 119 cm³/mol. The molecule has 0 fully saturated rings. The number of nitrogens with one attached hydrogen (secondary N) is 2. The van der Waals surface area contributed by atoms with Crippen molar-refractivity contribution in [1.29, 1.82) is 5.26 Å². The zero-order valence-corrected chi connectivity index (χ0v) is 18.4. The molecule has 1 unspecified atom stereocenters. The second-order valence-corrected chi connectivity index (χ2v) is 8.22. The SMILES string of the molecule is CCC(CC)N1CC(C)c2c(C(=O)NCc3c(C)cc(C)[nH]c3=O)cc(C#N)cc21. The topological polar surface area (TPSA) is 89.0 Å². The van der Waals surface area contributed by atoms with Gasteiger partial charge in [0.1, 0.15) is 0 Å². The molecule has 1 atom stereocenters. The van der Waals surface area contributed by atoms with Crippen LogP contribution in [0.5, 0.6) is 0 Å². The van der Waals surface area contributed by atoms with Crippen molar-refractivity contribution in [2.45, 2.75) is 66.0 Å². The van der Waals surface area contributed by atoms with E-state index < -0.39 is 0 Å². The summed E-state index contributed by atoms with van der Waals surface area (Å²) in [5, 5.41) is 12.4. The Morgan fingerprint density at radius 1 is 1.30 bits per heavy atom. The third-order valence-electron chi connectivity index (χ3n) is 6.11. The molecule has 1 aliphatic rings. The molecule has 0 bridgehead atoms. The van der Waals surface area contributed by atoms with Crippen LogP contribution in [-0.2, 0) is 6.54 Å². The number of anilines is 1. The molecule has 6 heteroatoms. The number of aromatic amines is 1. The molecule has 1 aliphatic heterocycles. The van der Waals surface area contributed by atoms with Crippen molar-refractivity contribution in [3.8, 4) is 6.07 Å². The highest BCUT2D eigenvalue weighted by Gasteiger charge is 2.33. The molecule has 1 aromatic heterocycles. The maximum Gasteiger partial charge on any atom is 0.253 e. The van der Waals surface area contributed by atoms with E-state index in [2.05, 4.69) is 42.0 Å². The van der Waals surface area contributed by atoms with E-state index in [1.54, 1.807) is 6.07 Å². The van der Waals surface area contributed by atoms with Crippen LogP contribution < -0.4 is 15.8 Å². The van der Waals surface area contributed by atoms with Gasteiger partial charge in [0, 0.05) is 47.6 Å². The molecule has 0 aliphatic carbocycles. The number of benzene rings is 1. The van der Waals surface area contributed by atoms with Crippen LogP contribution in [0.2, 0.25) is 0 Å². The summed E-state index contributed by atoms with van der Waals surface area (Å²) >= 11 is 0. The Kier molecular flexibility index (Phi) is 6.31. The maximum absolute atomic E-state index is 13.1. The summed E-state index contributed by atoms with van der Waals surface area (Å²) in [5.41, 5.74) is 5.01. The number of fused-ring (bicyclic) bond motifs is 1. The molecule has 0 radical (unpaired) electrons. The summed E-state index contributed by atoms with van der Waals surface area (Å²) in [6, 6.07) is 8.06. The average Bonchev–Trinajstić information content (AvgIpc) is 3.03. The Labute approximate surface area is 177 Å². The van der Waals surface area contributed by atoms with Crippen LogP contribution >= 0.6 is 0 Å².